The molecule has 0 aliphatic carbocycles. The lowest BCUT2D eigenvalue weighted by Gasteiger charge is -2.42. The van der Waals surface area contributed by atoms with Gasteiger partial charge >= 0.3 is 6.03 Å². The maximum atomic E-state index is 13.1. The van der Waals surface area contributed by atoms with Crippen LogP contribution >= 0.6 is 0 Å². The van der Waals surface area contributed by atoms with Crippen LogP contribution in [0, 0.1) is 0 Å². The zero-order valence-corrected chi connectivity index (χ0v) is 15.4. The van der Waals surface area contributed by atoms with Crippen molar-refractivity contribution in [2.24, 2.45) is 0 Å². The molecular weight excluding hydrogens is 320 g/mol. The summed E-state index contributed by atoms with van der Waals surface area (Å²) in [6.07, 6.45) is 8.27. The van der Waals surface area contributed by atoms with Gasteiger partial charge in [-0.05, 0) is 67.2 Å². The summed E-state index contributed by atoms with van der Waals surface area (Å²) in [6.45, 7) is 1.92. The van der Waals surface area contributed by atoms with Crippen molar-refractivity contribution in [1.82, 2.24) is 9.80 Å². The van der Waals surface area contributed by atoms with Gasteiger partial charge in [-0.1, -0.05) is 42.5 Å². The molecule has 3 heteroatoms. The van der Waals surface area contributed by atoms with E-state index in [4.69, 9.17) is 0 Å². The molecule has 2 aromatic carbocycles. The molecule has 3 fully saturated rings. The first-order chi connectivity index (χ1) is 12.8. The molecule has 0 radical (unpaired) electrons. The molecule has 136 valence electrons. The molecule has 2 amide bonds. The van der Waals surface area contributed by atoms with Gasteiger partial charge in [0.05, 0.1) is 0 Å². The number of likely N-dealkylation sites (tertiary alicyclic amines) is 1. The van der Waals surface area contributed by atoms with Gasteiger partial charge in [-0.3, -0.25) is 0 Å². The van der Waals surface area contributed by atoms with Gasteiger partial charge in [0.1, 0.15) is 0 Å². The van der Waals surface area contributed by atoms with Crippen LogP contribution in [0.3, 0.4) is 0 Å². The number of benzene rings is 2. The van der Waals surface area contributed by atoms with E-state index in [0.29, 0.717) is 24.0 Å². The minimum atomic E-state index is 0.328. The number of fused-ring (bicyclic) bond motifs is 3. The first-order valence-electron chi connectivity index (χ1n) is 10.4. The fourth-order valence-electron chi connectivity index (χ4n) is 5.47. The molecule has 0 aromatic heterocycles. The molecule has 26 heavy (non-hydrogen) atoms. The van der Waals surface area contributed by atoms with E-state index < -0.39 is 0 Å². The number of piperidine rings is 2. The molecule has 3 nitrogen and oxygen atoms in total. The molecule has 3 aliphatic heterocycles. The molecule has 0 N–H and O–H groups in total. The number of hydrogen-bond donors (Lipinski definition) is 0. The van der Waals surface area contributed by atoms with E-state index in [0.717, 1.165) is 25.9 Å². The maximum Gasteiger partial charge on any atom is 0.320 e. The van der Waals surface area contributed by atoms with E-state index >= 15 is 0 Å². The van der Waals surface area contributed by atoms with Gasteiger partial charge in [0, 0.05) is 25.2 Å². The third-order valence-corrected chi connectivity index (χ3v) is 6.83. The van der Waals surface area contributed by atoms with Crippen LogP contribution in [0.25, 0.3) is 10.8 Å². The van der Waals surface area contributed by atoms with Crippen molar-refractivity contribution in [1.29, 1.82) is 0 Å². The normalized spacial score (nSPS) is 28.5. The van der Waals surface area contributed by atoms with Gasteiger partial charge < -0.3 is 9.80 Å². The number of carbonyl (C=O) groups excluding carboxylic acids is 1. The number of rotatable bonds is 1. The summed E-state index contributed by atoms with van der Waals surface area (Å²) in [5.74, 6) is 0.600. The van der Waals surface area contributed by atoms with E-state index in [1.807, 2.05) is 0 Å². The second-order valence-electron chi connectivity index (χ2n) is 8.40. The minimum Gasteiger partial charge on any atom is -0.325 e. The number of hydrogen-bond acceptors (Lipinski definition) is 1. The first kappa shape index (κ1) is 16.2. The van der Waals surface area contributed by atoms with Gasteiger partial charge in [-0.2, -0.15) is 0 Å². The summed E-state index contributed by atoms with van der Waals surface area (Å²) in [7, 11) is 0. The van der Waals surface area contributed by atoms with Crippen LogP contribution < -0.4 is 0 Å². The Bertz CT molecular complexity index is 797. The highest BCUT2D eigenvalue weighted by atomic mass is 16.2. The Balaban J connectivity index is 1.35. The Morgan fingerprint density at radius 1 is 0.846 bits per heavy atom. The molecule has 0 spiro atoms. The predicted molar refractivity (Wildman–Crippen MR) is 105 cm³/mol. The van der Waals surface area contributed by atoms with Gasteiger partial charge in [0.25, 0.3) is 0 Å². The first-order valence-corrected chi connectivity index (χ1v) is 10.4. The zero-order valence-electron chi connectivity index (χ0n) is 15.4. The molecule has 2 aromatic rings. The van der Waals surface area contributed by atoms with Crippen LogP contribution in [-0.4, -0.2) is 41.0 Å². The van der Waals surface area contributed by atoms with Crippen molar-refractivity contribution in [2.45, 2.75) is 62.9 Å². The van der Waals surface area contributed by atoms with E-state index in [1.165, 1.54) is 48.4 Å². The Morgan fingerprint density at radius 2 is 1.54 bits per heavy atom. The van der Waals surface area contributed by atoms with Crippen molar-refractivity contribution in [2.75, 3.05) is 13.1 Å². The number of urea groups is 1. The summed E-state index contributed by atoms with van der Waals surface area (Å²) >= 11 is 0. The van der Waals surface area contributed by atoms with Crippen molar-refractivity contribution in [3.8, 4) is 0 Å². The van der Waals surface area contributed by atoms with Crippen molar-refractivity contribution < 1.29 is 4.79 Å². The highest BCUT2D eigenvalue weighted by Gasteiger charge is 2.44. The molecule has 3 aliphatic rings. The zero-order chi connectivity index (χ0) is 17.5. The van der Waals surface area contributed by atoms with E-state index in [-0.39, 0.29) is 0 Å². The Hall–Kier alpha value is -2.03. The molecule has 5 rings (SSSR count). The molecule has 1 unspecified atom stereocenters. The predicted octanol–water partition coefficient (Wildman–Crippen LogP) is 5.16. The lowest BCUT2D eigenvalue weighted by Crippen LogP contribution is -2.53. The molecule has 3 saturated heterocycles. The third-order valence-electron chi connectivity index (χ3n) is 6.83. The van der Waals surface area contributed by atoms with Crippen LogP contribution in [0.2, 0.25) is 0 Å². The van der Waals surface area contributed by atoms with Crippen LogP contribution in [0.4, 0.5) is 4.79 Å². The van der Waals surface area contributed by atoms with E-state index in [2.05, 4.69) is 52.3 Å². The number of amides is 2. The monoisotopic (exact) mass is 348 g/mol. The Labute approximate surface area is 156 Å². The van der Waals surface area contributed by atoms with Crippen LogP contribution in [0.5, 0.6) is 0 Å². The maximum absolute atomic E-state index is 13.1. The van der Waals surface area contributed by atoms with Crippen LogP contribution in [0.1, 0.15) is 56.4 Å². The number of carbonyl (C=O) groups is 1. The lowest BCUT2D eigenvalue weighted by atomic mass is 9.84. The third kappa shape index (κ3) is 2.78. The Kier molecular flexibility index (Phi) is 4.11. The van der Waals surface area contributed by atoms with E-state index in [9.17, 15) is 4.79 Å². The van der Waals surface area contributed by atoms with Gasteiger partial charge in [-0.25, -0.2) is 4.79 Å². The summed E-state index contributed by atoms with van der Waals surface area (Å²) in [5, 5.41) is 2.65. The summed E-state index contributed by atoms with van der Waals surface area (Å²) < 4.78 is 0. The van der Waals surface area contributed by atoms with Gasteiger partial charge in [-0.15, -0.1) is 0 Å². The summed E-state index contributed by atoms with van der Waals surface area (Å²) in [4.78, 5) is 17.5. The SMILES string of the molecule is O=C(N1CCCCC1)N1[C@@H]2CC[C@H]1CC(c1ccc3ccccc3c1)C2. The van der Waals surface area contributed by atoms with Crippen molar-refractivity contribution >= 4 is 16.8 Å². The molecule has 2 bridgehead atoms. The van der Waals surface area contributed by atoms with E-state index in [1.54, 1.807) is 0 Å². The average molecular weight is 348 g/mol. The highest BCUT2D eigenvalue weighted by Crippen LogP contribution is 2.44. The second-order valence-corrected chi connectivity index (χ2v) is 8.40. The Morgan fingerprint density at radius 3 is 2.27 bits per heavy atom. The fourth-order valence-corrected chi connectivity index (χ4v) is 5.47. The number of nitrogens with zero attached hydrogens (tertiary/aromatic N) is 2. The smallest absolute Gasteiger partial charge is 0.320 e. The second kappa shape index (κ2) is 6.61. The summed E-state index contributed by atoms with van der Waals surface area (Å²) in [6, 6.07) is 16.8. The van der Waals surface area contributed by atoms with Crippen molar-refractivity contribution in [3.05, 3.63) is 48.0 Å². The molecule has 3 heterocycles. The largest absolute Gasteiger partial charge is 0.325 e. The molecule has 0 saturated carbocycles. The van der Waals surface area contributed by atoms with Crippen LogP contribution in [0.15, 0.2) is 42.5 Å². The lowest BCUT2D eigenvalue weighted by molar-refractivity contribution is 0.0991. The minimum absolute atomic E-state index is 0.328. The van der Waals surface area contributed by atoms with Gasteiger partial charge in [0.2, 0.25) is 0 Å². The van der Waals surface area contributed by atoms with Crippen molar-refractivity contribution in [3.63, 3.8) is 0 Å². The molecule has 3 atom stereocenters. The topological polar surface area (TPSA) is 23.6 Å². The highest BCUT2D eigenvalue weighted by molar-refractivity contribution is 5.83. The summed E-state index contributed by atoms with van der Waals surface area (Å²) in [5.41, 5.74) is 1.46. The van der Waals surface area contributed by atoms with Crippen LogP contribution in [-0.2, 0) is 0 Å². The fraction of sp³-hybridized carbons (Fsp3) is 0.522. The standard InChI is InChI=1S/C23H28N2O/c26-23(24-12-4-1-5-13-24)25-21-10-11-22(25)16-20(15-21)19-9-8-17-6-2-3-7-18(17)14-19/h2-3,6-9,14,20-22H,1,4-5,10-13,15-16H2/t20?,21-,22+. The quantitative estimate of drug-likeness (QED) is 0.698. The average Bonchev–Trinajstić information content (AvgIpc) is 2.97. The molecular formula is C23H28N2O. The van der Waals surface area contributed by atoms with Gasteiger partial charge in [0.15, 0.2) is 0 Å².